The topological polar surface area (TPSA) is 46.2 Å². The Labute approximate surface area is 128 Å². The molecule has 2 rings (SSSR count). The second-order valence-corrected chi connectivity index (χ2v) is 7.68. The summed E-state index contributed by atoms with van der Waals surface area (Å²) in [5, 5.41) is 0.913. The van der Waals surface area contributed by atoms with Gasteiger partial charge in [-0.25, -0.2) is 17.5 Å². The van der Waals surface area contributed by atoms with E-state index >= 15 is 0 Å². The minimum Gasteiger partial charge on any atom is -0.211 e. The third-order valence-electron chi connectivity index (χ3n) is 3.92. The van der Waals surface area contributed by atoms with Gasteiger partial charge in [-0.05, 0) is 48.9 Å². The molecule has 0 bridgehead atoms. The number of alkyl halides is 1. The lowest BCUT2D eigenvalue weighted by Gasteiger charge is -2.30. The summed E-state index contributed by atoms with van der Waals surface area (Å²) in [6.07, 6.45) is 4.58. The number of hydrogen-bond acceptors (Lipinski definition) is 2. The van der Waals surface area contributed by atoms with Gasteiger partial charge in [-0.2, -0.15) is 0 Å². The van der Waals surface area contributed by atoms with Crippen LogP contribution in [0, 0.1) is 17.7 Å². The molecule has 1 aliphatic carbocycles. The van der Waals surface area contributed by atoms with Crippen molar-refractivity contribution >= 4 is 26.0 Å². The molecule has 1 aromatic rings. The van der Waals surface area contributed by atoms with Crippen LogP contribution in [0.2, 0.25) is 0 Å². The SMILES string of the molecule is O=S(=O)(NCC1CCCCC1CBr)c1ccc(F)cc1. The van der Waals surface area contributed by atoms with E-state index < -0.39 is 15.8 Å². The summed E-state index contributed by atoms with van der Waals surface area (Å²) in [4.78, 5) is 0.116. The van der Waals surface area contributed by atoms with Crippen molar-refractivity contribution in [1.29, 1.82) is 0 Å². The smallest absolute Gasteiger partial charge is 0.211 e. The fourth-order valence-electron chi connectivity index (χ4n) is 2.67. The average Bonchev–Trinajstić information content (AvgIpc) is 2.46. The van der Waals surface area contributed by atoms with E-state index in [2.05, 4.69) is 20.7 Å². The highest BCUT2D eigenvalue weighted by Gasteiger charge is 2.26. The lowest BCUT2D eigenvalue weighted by Crippen LogP contribution is -2.34. The summed E-state index contributed by atoms with van der Waals surface area (Å²) in [5.41, 5.74) is 0. The van der Waals surface area contributed by atoms with E-state index in [9.17, 15) is 12.8 Å². The molecule has 1 aliphatic rings. The molecule has 0 spiro atoms. The zero-order valence-corrected chi connectivity index (χ0v) is 13.6. The van der Waals surface area contributed by atoms with Crippen LogP contribution in [0.25, 0.3) is 0 Å². The molecule has 2 unspecified atom stereocenters. The lowest BCUT2D eigenvalue weighted by atomic mass is 9.80. The summed E-state index contributed by atoms with van der Waals surface area (Å²) in [6.45, 7) is 0.454. The second kappa shape index (κ2) is 7.00. The van der Waals surface area contributed by atoms with Crippen molar-refractivity contribution < 1.29 is 12.8 Å². The molecule has 1 fully saturated rings. The predicted molar refractivity (Wildman–Crippen MR) is 80.8 cm³/mol. The van der Waals surface area contributed by atoms with Crippen molar-refractivity contribution in [3.8, 4) is 0 Å². The van der Waals surface area contributed by atoms with Gasteiger partial charge in [0, 0.05) is 11.9 Å². The molecule has 0 aromatic heterocycles. The standard InChI is InChI=1S/C14H19BrFNO2S/c15-9-11-3-1-2-4-12(11)10-17-20(18,19)14-7-5-13(16)6-8-14/h5-8,11-12,17H,1-4,9-10H2. The average molecular weight is 364 g/mol. The first kappa shape index (κ1) is 15.9. The predicted octanol–water partition coefficient (Wildman–Crippen LogP) is 3.31. The van der Waals surface area contributed by atoms with E-state index in [1.54, 1.807) is 0 Å². The van der Waals surface area contributed by atoms with Crippen molar-refractivity contribution in [1.82, 2.24) is 4.72 Å². The summed E-state index contributed by atoms with van der Waals surface area (Å²) >= 11 is 3.51. The van der Waals surface area contributed by atoms with Gasteiger partial charge in [0.25, 0.3) is 0 Å². The first-order chi connectivity index (χ1) is 9.53. The highest BCUT2D eigenvalue weighted by molar-refractivity contribution is 9.09. The van der Waals surface area contributed by atoms with E-state index in [4.69, 9.17) is 0 Å². The Morgan fingerprint density at radius 2 is 1.75 bits per heavy atom. The third kappa shape index (κ3) is 4.02. The van der Waals surface area contributed by atoms with Crippen LogP contribution in [-0.2, 0) is 10.0 Å². The van der Waals surface area contributed by atoms with Crippen molar-refractivity contribution in [2.45, 2.75) is 30.6 Å². The molecule has 1 N–H and O–H groups in total. The van der Waals surface area contributed by atoms with Gasteiger partial charge in [0.05, 0.1) is 4.90 Å². The fraction of sp³-hybridized carbons (Fsp3) is 0.571. The molecule has 0 radical (unpaired) electrons. The van der Waals surface area contributed by atoms with Gasteiger partial charge in [-0.1, -0.05) is 28.8 Å². The maximum atomic E-state index is 12.8. The number of nitrogens with one attached hydrogen (secondary N) is 1. The van der Waals surface area contributed by atoms with Crippen LogP contribution in [0.4, 0.5) is 4.39 Å². The number of benzene rings is 1. The maximum absolute atomic E-state index is 12.8. The Balaban J connectivity index is 1.99. The Kier molecular flexibility index (Phi) is 5.57. The molecule has 1 saturated carbocycles. The minimum absolute atomic E-state index is 0.116. The second-order valence-electron chi connectivity index (χ2n) is 5.26. The van der Waals surface area contributed by atoms with E-state index in [0.717, 1.165) is 36.7 Å². The summed E-state index contributed by atoms with van der Waals surface area (Å²) in [5.74, 6) is 0.466. The number of sulfonamides is 1. The molecule has 1 aromatic carbocycles. The van der Waals surface area contributed by atoms with Crippen molar-refractivity contribution in [3.63, 3.8) is 0 Å². The van der Waals surface area contributed by atoms with Crippen LogP contribution in [-0.4, -0.2) is 20.3 Å². The number of rotatable bonds is 5. The molecule has 0 saturated heterocycles. The van der Waals surface area contributed by atoms with Gasteiger partial charge in [-0.15, -0.1) is 0 Å². The summed E-state index contributed by atoms with van der Waals surface area (Å²) < 4.78 is 39.8. The van der Waals surface area contributed by atoms with E-state index in [1.165, 1.54) is 18.6 Å². The lowest BCUT2D eigenvalue weighted by molar-refractivity contribution is 0.263. The van der Waals surface area contributed by atoms with Crippen LogP contribution in [0.1, 0.15) is 25.7 Å². The first-order valence-corrected chi connectivity index (χ1v) is 9.44. The number of hydrogen-bond donors (Lipinski definition) is 1. The minimum atomic E-state index is -3.54. The molecule has 0 amide bonds. The zero-order valence-electron chi connectivity index (χ0n) is 11.2. The van der Waals surface area contributed by atoms with E-state index in [0.29, 0.717) is 18.4 Å². The maximum Gasteiger partial charge on any atom is 0.240 e. The van der Waals surface area contributed by atoms with Gasteiger partial charge in [0.15, 0.2) is 0 Å². The Hall–Kier alpha value is -0.460. The summed E-state index contributed by atoms with van der Waals surface area (Å²) in [6, 6.07) is 4.91. The Morgan fingerprint density at radius 1 is 1.15 bits per heavy atom. The monoisotopic (exact) mass is 363 g/mol. The van der Waals surface area contributed by atoms with Crippen LogP contribution in [0.15, 0.2) is 29.2 Å². The Morgan fingerprint density at radius 3 is 2.35 bits per heavy atom. The van der Waals surface area contributed by atoms with Gasteiger partial charge in [0.2, 0.25) is 10.0 Å². The van der Waals surface area contributed by atoms with Crippen molar-refractivity contribution in [2.75, 3.05) is 11.9 Å². The highest BCUT2D eigenvalue weighted by atomic mass is 79.9. The van der Waals surface area contributed by atoms with Gasteiger partial charge >= 0.3 is 0 Å². The molecule has 0 heterocycles. The summed E-state index contributed by atoms with van der Waals surface area (Å²) in [7, 11) is -3.54. The van der Waals surface area contributed by atoms with Crippen LogP contribution in [0.3, 0.4) is 0 Å². The largest absolute Gasteiger partial charge is 0.240 e. The normalized spacial score (nSPS) is 23.7. The molecule has 2 atom stereocenters. The zero-order chi connectivity index (χ0) is 14.6. The highest BCUT2D eigenvalue weighted by Crippen LogP contribution is 2.31. The van der Waals surface area contributed by atoms with Crippen molar-refractivity contribution in [3.05, 3.63) is 30.1 Å². The number of halogens is 2. The van der Waals surface area contributed by atoms with Crippen LogP contribution >= 0.6 is 15.9 Å². The molecule has 0 aliphatic heterocycles. The third-order valence-corrected chi connectivity index (χ3v) is 6.20. The van der Waals surface area contributed by atoms with Gasteiger partial charge in [-0.3, -0.25) is 0 Å². The molecule has 3 nitrogen and oxygen atoms in total. The van der Waals surface area contributed by atoms with E-state index in [-0.39, 0.29) is 4.90 Å². The molecule has 112 valence electrons. The molecular formula is C14H19BrFNO2S. The molecular weight excluding hydrogens is 345 g/mol. The van der Waals surface area contributed by atoms with Crippen LogP contribution < -0.4 is 4.72 Å². The van der Waals surface area contributed by atoms with Gasteiger partial charge in [0.1, 0.15) is 5.82 Å². The Bertz CT molecular complexity index is 533. The quantitative estimate of drug-likeness (QED) is 0.815. The van der Waals surface area contributed by atoms with Crippen LogP contribution in [0.5, 0.6) is 0 Å². The fourth-order valence-corrected chi connectivity index (χ4v) is 4.62. The molecule has 20 heavy (non-hydrogen) atoms. The first-order valence-electron chi connectivity index (χ1n) is 6.84. The van der Waals surface area contributed by atoms with Gasteiger partial charge < -0.3 is 0 Å². The van der Waals surface area contributed by atoms with Crippen molar-refractivity contribution in [2.24, 2.45) is 11.8 Å². The van der Waals surface area contributed by atoms with E-state index in [1.807, 2.05) is 0 Å². The molecule has 6 heteroatoms.